The Labute approximate surface area is 606 Å². The van der Waals surface area contributed by atoms with Crippen LogP contribution < -0.4 is 47.9 Å². The molecule has 1 fully saturated rings. The Morgan fingerprint density at radius 2 is 1.11 bits per heavy atom. The smallest absolute Gasteiger partial charge is 0.328 e. The highest BCUT2D eigenvalue weighted by molar-refractivity contribution is 8.76. The van der Waals surface area contributed by atoms with Crippen molar-refractivity contribution in [1.29, 1.82) is 0 Å². The van der Waals surface area contributed by atoms with E-state index in [9.17, 15) is 72.9 Å². The minimum Gasteiger partial charge on any atom is -0.481 e. The molecule has 2 aromatic carbocycles. The van der Waals surface area contributed by atoms with Crippen LogP contribution in [-0.4, -0.2) is 184 Å². The number of carbonyl (C=O) groups is 13. The normalized spacial score (nSPS) is 23.8. The first kappa shape index (κ1) is 82.9. The second-order valence-electron chi connectivity index (χ2n) is 29.0. The van der Waals surface area contributed by atoms with Gasteiger partial charge in [0.2, 0.25) is 53.2 Å². The van der Waals surface area contributed by atoms with Gasteiger partial charge in [0.25, 0.3) is 0 Å². The number of para-hydroxylation sites is 2. The zero-order valence-electron chi connectivity index (χ0n) is 60.2. The predicted octanol–water partition coefficient (Wildman–Crippen LogP) is 4.09. The number of ketones is 2. The summed E-state index contributed by atoms with van der Waals surface area (Å²) >= 11 is 0. The topological polar surface area (TPSA) is 451 Å². The maximum Gasteiger partial charge on any atom is 0.328 e. The predicted molar refractivity (Wildman–Crippen MR) is 389 cm³/mol. The summed E-state index contributed by atoms with van der Waals surface area (Å²) < 4.78 is 0. The number of amides is 9. The first-order valence-electron chi connectivity index (χ1n) is 34.8. The number of hydrogen-bond donors (Lipinski definition) is 15. The molecule has 0 unspecified atom stereocenters. The number of carboxylic acids is 2. The number of imidazole rings is 1. The van der Waals surface area contributed by atoms with Gasteiger partial charge in [0.05, 0.1) is 31.1 Å². The van der Waals surface area contributed by atoms with Crippen molar-refractivity contribution in [2.45, 2.75) is 195 Å². The van der Waals surface area contributed by atoms with Gasteiger partial charge in [0.15, 0.2) is 17.6 Å². The van der Waals surface area contributed by atoms with E-state index in [1.165, 1.54) is 19.4 Å². The lowest BCUT2D eigenvalue weighted by Gasteiger charge is -2.29. The summed E-state index contributed by atoms with van der Waals surface area (Å²) in [6.07, 6.45) is 2.47. The highest BCUT2D eigenvalue weighted by Gasteiger charge is 2.39. The number of aliphatic carboxylic acids is 2. The van der Waals surface area contributed by atoms with Crippen molar-refractivity contribution in [2.24, 2.45) is 40.9 Å². The number of aromatic amines is 3. The molecule has 0 aliphatic carbocycles. The van der Waals surface area contributed by atoms with Gasteiger partial charge >= 0.3 is 11.9 Å². The average molecular weight is 1470 g/mol. The molecule has 0 spiro atoms. The minimum absolute atomic E-state index is 0.0216. The van der Waals surface area contributed by atoms with Crippen LogP contribution in [0.2, 0.25) is 0 Å². The summed E-state index contributed by atoms with van der Waals surface area (Å²) in [7, 11) is 2.21. The first-order chi connectivity index (χ1) is 48.6. The van der Waals surface area contributed by atoms with Gasteiger partial charge in [0, 0.05) is 101 Å². The molecule has 31 heteroatoms. The Morgan fingerprint density at radius 1 is 0.592 bits per heavy atom. The van der Waals surface area contributed by atoms with E-state index >= 15 is 4.79 Å². The molecule has 0 bridgehead atoms. The molecule has 29 nitrogen and oxygen atoms in total. The third-order valence-corrected chi connectivity index (χ3v) is 20.1. The van der Waals surface area contributed by atoms with Crippen LogP contribution in [0, 0.1) is 40.9 Å². The fourth-order valence-electron chi connectivity index (χ4n) is 12.2. The Morgan fingerprint density at radius 3 is 1.63 bits per heavy atom. The summed E-state index contributed by atoms with van der Waals surface area (Å²) in [5.41, 5.74) is 2.66. The largest absolute Gasteiger partial charge is 0.481 e. The molecule has 1 aliphatic heterocycles. The third kappa shape index (κ3) is 26.0. The van der Waals surface area contributed by atoms with Gasteiger partial charge in [0.1, 0.15) is 30.2 Å². The highest BCUT2D eigenvalue weighted by atomic mass is 33.1. The summed E-state index contributed by atoms with van der Waals surface area (Å²) in [5.74, 6) is -16.2. The molecule has 0 saturated carbocycles. The molecule has 15 N–H and O–H groups in total. The van der Waals surface area contributed by atoms with Crippen LogP contribution in [0.3, 0.4) is 0 Å². The van der Waals surface area contributed by atoms with E-state index in [1.54, 1.807) is 66.1 Å². The minimum atomic E-state index is -1.83. The molecule has 562 valence electrons. The number of carbonyl (C=O) groups excluding carboxylic acids is 11. The van der Waals surface area contributed by atoms with Crippen molar-refractivity contribution in [3.05, 3.63) is 90.3 Å². The van der Waals surface area contributed by atoms with Crippen LogP contribution in [0.15, 0.2) is 73.4 Å². The Bertz CT molecular complexity index is 3790. The summed E-state index contributed by atoms with van der Waals surface area (Å²) in [6.45, 7) is 18.0. The van der Waals surface area contributed by atoms with Gasteiger partial charge in [-0.25, -0.2) is 9.78 Å². The van der Waals surface area contributed by atoms with Crippen molar-refractivity contribution < 1.29 is 77.6 Å². The molecular weight excluding hydrogens is 1370 g/mol. The fourth-order valence-corrected chi connectivity index (χ4v) is 14.7. The number of aromatic nitrogens is 4. The average Bonchev–Trinajstić information content (AvgIpc) is 1.69. The number of H-pyrrole nitrogens is 3. The number of aliphatic hydroxyl groups is 1. The SMILES string of the molecule is CC(C)C[C@@H]1NC(=O)[C@H](Cc2cnc[nH]2)NC(=O)[C@H](Cc2c[nH]c3ccccc23)CC(=O)[C@H](C)NC(=O)[C@@H](CC(C)(C)C)CSSC[C@@H](C(=O)N[C@H](C(=O)O)[C@@H](C)O)NC(=O)[C@H](Cc2c[nH]c3ccccc23)CC(=O)[C@H](C(C)C)NC(=O)[C@H](CC(C)C)NC(=O)[C@H](CCC(=O)O)NC(=O)CNC1=O. The van der Waals surface area contributed by atoms with Crippen LogP contribution in [-0.2, 0) is 81.6 Å². The van der Waals surface area contributed by atoms with E-state index in [4.69, 9.17) is 0 Å². The van der Waals surface area contributed by atoms with Crippen molar-refractivity contribution in [2.75, 3.05) is 18.1 Å². The Hall–Kier alpha value is -9.10. The number of rotatable bonds is 19. The Kier molecular flexibility index (Phi) is 31.3. The van der Waals surface area contributed by atoms with E-state index in [1.807, 2.05) is 57.2 Å². The molecule has 9 amide bonds. The van der Waals surface area contributed by atoms with Crippen molar-refractivity contribution >= 4 is 120 Å². The summed E-state index contributed by atoms with van der Waals surface area (Å²) in [4.78, 5) is 198. The first-order valence-corrected chi connectivity index (χ1v) is 37.3. The molecule has 1 saturated heterocycles. The van der Waals surface area contributed by atoms with Crippen LogP contribution in [0.25, 0.3) is 21.8 Å². The lowest BCUT2D eigenvalue weighted by atomic mass is 9.85. The maximum absolute atomic E-state index is 15.1. The summed E-state index contributed by atoms with van der Waals surface area (Å²) in [6, 6.07) is 2.92. The van der Waals surface area contributed by atoms with Crippen molar-refractivity contribution in [3.8, 4) is 0 Å². The van der Waals surface area contributed by atoms with E-state index in [2.05, 4.69) is 67.8 Å². The van der Waals surface area contributed by atoms with Crippen LogP contribution in [0.4, 0.5) is 0 Å². The number of Topliss-reactive ketones (excluding diaryl/α,β-unsaturated/α-hetero) is 2. The fraction of sp³-hybridized carbons (Fsp3) is 0.556. The van der Waals surface area contributed by atoms with E-state index in [0.29, 0.717) is 27.7 Å². The molecule has 12 atom stereocenters. The molecule has 4 heterocycles. The second-order valence-corrected chi connectivity index (χ2v) is 31.5. The number of benzene rings is 2. The molecule has 3 aromatic heterocycles. The van der Waals surface area contributed by atoms with Crippen molar-refractivity contribution in [1.82, 2.24) is 67.8 Å². The monoisotopic (exact) mass is 1470 g/mol. The zero-order valence-corrected chi connectivity index (χ0v) is 61.8. The number of nitrogens with one attached hydrogen (secondary N) is 12. The number of carboxylic acid groups (broad SMARTS) is 2. The molecule has 103 heavy (non-hydrogen) atoms. The van der Waals surface area contributed by atoms with Crippen LogP contribution >= 0.6 is 21.6 Å². The Balaban J connectivity index is 1.41. The summed E-state index contributed by atoms with van der Waals surface area (Å²) in [5, 5.41) is 55.7. The highest BCUT2D eigenvalue weighted by Crippen LogP contribution is 2.33. The van der Waals surface area contributed by atoms with Gasteiger partial charge < -0.3 is 78.1 Å². The molecular formula is C72H101N13O16S2. The zero-order chi connectivity index (χ0) is 76.0. The van der Waals surface area contributed by atoms with Gasteiger partial charge in [-0.1, -0.05) is 120 Å². The lowest BCUT2D eigenvalue weighted by molar-refractivity contribution is -0.145. The van der Waals surface area contributed by atoms with E-state index < -0.39 is 192 Å². The number of fused-ring (bicyclic) bond motifs is 2. The quantitative estimate of drug-likeness (QED) is 0.0518. The molecule has 6 rings (SSSR count). The number of hydrogen-bond acceptors (Lipinski definition) is 17. The number of aliphatic hydroxyl groups excluding tert-OH is 1. The molecule has 5 aromatic rings. The van der Waals surface area contributed by atoms with Gasteiger partial charge in [-0.15, -0.1) is 0 Å². The number of nitrogens with zero attached hydrogens (tertiary/aromatic N) is 1. The molecule has 0 radical (unpaired) electrons. The van der Waals surface area contributed by atoms with E-state index in [0.717, 1.165) is 39.4 Å². The maximum atomic E-state index is 15.1. The van der Waals surface area contributed by atoms with Crippen molar-refractivity contribution in [3.63, 3.8) is 0 Å². The lowest BCUT2D eigenvalue weighted by Crippen LogP contribution is -2.58. The van der Waals surface area contributed by atoms with Crippen LogP contribution in [0.5, 0.6) is 0 Å². The third-order valence-electron chi connectivity index (χ3n) is 17.6. The molecule has 1 aliphatic rings. The van der Waals surface area contributed by atoms with Gasteiger partial charge in [-0.05, 0) is 98.8 Å². The second kappa shape index (κ2) is 39.0. The standard InChI is InChI=1S/C72H101N13O16S2/c1-37(2)22-53-66(95)76-33-59(89)79-52(20-21-60(90)91)67(96)82-54(23-38(3)4)69(98)84-61(39(5)6)58(88)27-43(25-45-31-75-51-19-15-13-17-49(45)51)64(93)83-56(70(99)85-62(41(8)86)71(100)101)35-103-102-34-46(29-72(9,10)11)65(94)78-40(7)57(87)26-42(24-44-30-74-50-18-14-12-16-48(44)50)63(92)80-55(68(97)81-53)28-47-32-73-36-77-47/h12-19,30-32,36-43,46,52-56,61-62,74-75,86H,20-29,33-35H2,1-11H3,(H,73,77)(H,76,95)(H,78,94)(H,79,89)(H,80,92)(H,81,97)(H,82,96)(H,83,93)(H,84,98)(H,85,99)(H,90,91)(H,100,101)/t40-,41+,42+,43+,46-,52-,53-,54-,55-,56-,61-,62-/m0/s1. The van der Waals surface area contributed by atoms with Gasteiger partial charge in [-0.2, -0.15) is 0 Å². The van der Waals surface area contributed by atoms with E-state index in [-0.39, 0.29) is 61.9 Å². The van der Waals surface area contributed by atoms with Gasteiger partial charge in [-0.3, -0.25) is 57.5 Å². The van der Waals surface area contributed by atoms with Crippen LogP contribution in [0.1, 0.15) is 138 Å².